The SMILES string of the molecule is COc1ccc(NC(=O)c2ccc(COc3ccc4c(c3)C(c3ccc(F)cc3)N(C(C)=O)CC4)o2)cc1. The minimum Gasteiger partial charge on any atom is -0.497 e. The number of ether oxygens (including phenoxy) is 2. The molecule has 1 aromatic heterocycles. The van der Waals surface area contributed by atoms with Crippen LogP contribution in [0.5, 0.6) is 11.5 Å². The molecular formula is C30H27FN2O5. The highest BCUT2D eigenvalue weighted by atomic mass is 19.1. The Bertz CT molecular complexity index is 1450. The van der Waals surface area contributed by atoms with Gasteiger partial charge in [-0.2, -0.15) is 0 Å². The lowest BCUT2D eigenvalue weighted by molar-refractivity contribution is -0.130. The number of methoxy groups -OCH3 is 1. The number of nitrogens with zero attached hydrogens (tertiary/aromatic N) is 1. The molecule has 0 fully saturated rings. The highest BCUT2D eigenvalue weighted by molar-refractivity contribution is 6.02. The molecule has 194 valence electrons. The van der Waals surface area contributed by atoms with Gasteiger partial charge in [0.1, 0.15) is 29.7 Å². The second kappa shape index (κ2) is 10.8. The number of halogens is 1. The van der Waals surface area contributed by atoms with Crippen LogP contribution in [0.1, 0.15) is 46.0 Å². The van der Waals surface area contributed by atoms with Crippen molar-refractivity contribution in [3.8, 4) is 11.5 Å². The predicted molar refractivity (Wildman–Crippen MR) is 140 cm³/mol. The van der Waals surface area contributed by atoms with Crippen molar-refractivity contribution < 1.29 is 27.9 Å². The Morgan fingerprint density at radius 1 is 1.00 bits per heavy atom. The highest BCUT2D eigenvalue weighted by Crippen LogP contribution is 2.37. The Kier molecular flexibility index (Phi) is 7.13. The number of carbonyl (C=O) groups excluding carboxylic acids is 2. The van der Waals surface area contributed by atoms with Gasteiger partial charge in [0, 0.05) is 19.2 Å². The van der Waals surface area contributed by atoms with Crippen LogP contribution < -0.4 is 14.8 Å². The van der Waals surface area contributed by atoms with E-state index in [1.807, 2.05) is 18.2 Å². The van der Waals surface area contributed by atoms with Crippen LogP contribution >= 0.6 is 0 Å². The van der Waals surface area contributed by atoms with Crippen molar-refractivity contribution in [2.24, 2.45) is 0 Å². The predicted octanol–water partition coefficient (Wildman–Crippen LogP) is 5.75. The summed E-state index contributed by atoms with van der Waals surface area (Å²) < 4.78 is 30.4. The first-order valence-corrected chi connectivity index (χ1v) is 12.2. The van der Waals surface area contributed by atoms with Crippen LogP contribution in [0.15, 0.2) is 83.3 Å². The van der Waals surface area contributed by atoms with Crippen molar-refractivity contribution in [2.75, 3.05) is 19.0 Å². The Hall–Kier alpha value is -4.59. The Balaban J connectivity index is 1.30. The zero-order chi connectivity index (χ0) is 26.6. The molecule has 2 heterocycles. The average Bonchev–Trinajstić information content (AvgIpc) is 3.41. The van der Waals surface area contributed by atoms with Crippen LogP contribution in [-0.4, -0.2) is 30.4 Å². The van der Waals surface area contributed by atoms with E-state index < -0.39 is 0 Å². The van der Waals surface area contributed by atoms with E-state index in [0.717, 1.165) is 23.1 Å². The summed E-state index contributed by atoms with van der Waals surface area (Å²) in [5.41, 5.74) is 3.50. The molecule has 5 rings (SSSR count). The number of benzene rings is 3. The van der Waals surface area contributed by atoms with Crippen molar-refractivity contribution in [3.05, 3.63) is 113 Å². The monoisotopic (exact) mass is 514 g/mol. The number of carbonyl (C=O) groups is 2. The molecule has 2 amide bonds. The molecule has 38 heavy (non-hydrogen) atoms. The lowest BCUT2D eigenvalue weighted by atomic mass is 9.88. The molecule has 0 aliphatic carbocycles. The van der Waals surface area contributed by atoms with E-state index in [2.05, 4.69) is 5.32 Å². The van der Waals surface area contributed by atoms with Crippen molar-refractivity contribution in [3.63, 3.8) is 0 Å². The maximum absolute atomic E-state index is 13.6. The quantitative estimate of drug-likeness (QED) is 0.340. The van der Waals surface area contributed by atoms with Crippen LogP contribution in [0.4, 0.5) is 10.1 Å². The van der Waals surface area contributed by atoms with Crippen LogP contribution in [0.3, 0.4) is 0 Å². The summed E-state index contributed by atoms with van der Waals surface area (Å²) in [6, 6.07) is 22.0. The fraction of sp³-hybridized carbons (Fsp3) is 0.200. The van der Waals surface area contributed by atoms with E-state index in [0.29, 0.717) is 29.5 Å². The zero-order valence-electron chi connectivity index (χ0n) is 21.1. The van der Waals surface area contributed by atoms with Crippen LogP contribution in [-0.2, 0) is 17.8 Å². The van der Waals surface area contributed by atoms with Gasteiger partial charge in [0.05, 0.1) is 13.2 Å². The summed E-state index contributed by atoms with van der Waals surface area (Å²) in [6.45, 7) is 2.24. The van der Waals surface area contributed by atoms with E-state index in [-0.39, 0.29) is 36.0 Å². The van der Waals surface area contributed by atoms with E-state index in [9.17, 15) is 14.0 Å². The molecule has 3 aromatic carbocycles. The minimum atomic E-state index is -0.373. The largest absolute Gasteiger partial charge is 0.497 e. The average molecular weight is 515 g/mol. The normalized spacial score (nSPS) is 14.5. The lowest BCUT2D eigenvalue weighted by Crippen LogP contribution is -2.39. The van der Waals surface area contributed by atoms with Crippen molar-refractivity contribution >= 4 is 17.5 Å². The fourth-order valence-corrected chi connectivity index (χ4v) is 4.63. The van der Waals surface area contributed by atoms with Gasteiger partial charge >= 0.3 is 0 Å². The third-order valence-electron chi connectivity index (χ3n) is 6.55. The molecular weight excluding hydrogens is 487 g/mol. The molecule has 1 atom stereocenters. The standard InChI is InChI=1S/C30H27FN2O5/c1-19(34)33-16-15-20-5-10-25(17-27(20)29(33)21-3-6-22(31)7-4-21)37-18-26-13-14-28(38-26)30(35)32-23-8-11-24(36-2)12-9-23/h3-14,17,29H,15-16,18H2,1-2H3,(H,32,35). The van der Waals surface area contributed by atoms with Crippen LogP contribution in [0, 0.1) is 5.82 Å². The van der Waals surface area contributed by atoms with Crippen molar-refractivity contribution in [1.29, 1.82) is 0 Å². The molecule has 7 nitrogen and oxygen atoms in total. The molecule has 0 spiro atoms. The van der Waals surface area contributed by atoms with Gasteiger partial charge in [0.25, 0.3) is 5.91 Å². The van der Waals surface area contributed by atoms with Gasteiger partial charge in [-0.3, -0.25) is 9.59 Å². The molecule has 0 saturated heterocycles. The van der Waals surface area contributed by atoms with E-state index in [1.54, 1.807) is 67.5 Å². The van der Waals surface area contributed by atoms with Crippen molar-refractivity contribution in [1.82, 2.24) is 4.90 Å². The molecule has 1 aliphatic heterocycles. The number of nitrogens with one attached hydrogen (secondary N) is 1. The third-order valence-corrected chi connectivity index (χ3v) is 6.55. The van der Waals surface area contributed by atoms with Gasteiger partial charge in [-0.05, 0) is 83.8 Å². The third kappa shape index (κ3) is 5.39. The summed E-state index contributed by atoms with van der Waals surface area (Å²) in [6.07, 6.45) is 0.720. The molecule has 4 aromatic rings. The zero-order valence-corrected chi connectivity index (χ0v) is 21.1. The minimum absolute atomic E-state index is 0.0488. The lowest BCUT2D eigenvalue weighted by Gasteiger charge is -2.37. The van der Waals surface area contributed by atoms with Gasteiger partial charge in [-0.15, -0.1) is 0 Å². The molecule has 0 bridgehead atoms. The summed E-state index contributed by atoms with van der Waals surface area (Å²) in [5.74, 6) is 1.20. The van der Waals surface area contributed by atoms with E-state index >= 15 is 0 Å². The number of rotatable bonds is 7. The smallest absolute Gasteiger partial charge is 0.291 e. The number of fused-ring (bicyclic) bond motifs is 1. The molecule has 1 unspecified atom stereocenters. The molecule has 8 heteroatoms. The maximum Gasteiger partial charge on any atom is 0.291 e. The number of hydrogen-bond donors (Lipinski definition) is 1. The van der Waals surface area contributed by atoms with Crippen molar-refractivity contribution in [2.45, 2.75) is 26.0 Å². The molecule has 1 aliphatic rings. The van der Waals surface area contributed by atoms with E-state index in [4.69, 9.17) is 13.9 Å². The first kappa shape index (κ1) is 25.1. The molecule has 0 saturated carbocycles. The Morgan fingerprint density at radius 2 is 1.74 bits per heavy atom. The number of furan rings is 1. The maximum atomic E-state index is 13.6. The van der Waals surface area contributed by atoms with Gasteiger partial charge in [-0.1, -0.05) is 18.2 Å². The van der Waals surface area contributed by atoms with Gasteiger partial charge < -0.3 is 24.1 Å². The molecule has 0 radical (unpaired) electrons. The second-order valence-electron chi connectivity index (χ2n) is 9.01. The second-order valence-corrected chi connectivity index (χ2v) is 9.01. The van der Waals surface area contributed by atoms with Crippen LogP contribution in [0.25, 0.3) is 0 Å². The first-order chi connectivity index (χ1) is 18.4. The summed E-state index contributed by atoms with van der Waals surface area (Å²) in [5, 5.41) is 2.78. The number of hydrogen-bond acceptors (Lipinski definition) is 5. The van der Waals surface area contributed by atoms with Gasteiger partial charge in [-0.25, -0.2) is 4.39 Å². The molecule has 1 N–H and O–H groups in total. The van der Waals surface area contributed by atoms with E-state index in [1.165, 1.54) is 12.1 Å². The highest BCUT2D eigenvalue weighted by Gasteiger charge is 2.31. The number of amides is 2. The van der Waals surface area contributed by atoms with Gasteiger partial charge in [0.15, 0.2) is 5.76 Å². The Morgan fingerprint density at radius 3 is 2.45 bits per heavy atom. The summed E-state index contributed by atoms with van der Waals surface area (Å²) in [4.78, 5) is 26.8. The van der Waals surface area contributed by atoms with Crippen LogP contribution in [0.2, 0.25) is 0 Å². The number of anilines is 1. The topological polar surface area (TPSA) is 81.0 Å². The fourth-order valence-electron chi connectivity index (χ4n) is 4.63. The van der Waals surface area contributed by atoms with Gasteiger partial charge in [0.2, 0.25) is 5.91 Å². The summed E-state index contributed by atoms with van der Waals surface area (Å²) in [7, 11) is 1.58. The first-order valence-electron chi connectivity index (χ1n) is 12.2. The summed E-state index contributed by atoms with van der Waals surface area (Å²) >= 11 is 0. The Labute approximate surface area is 219 Å².